The molecule has 1 rings (SSSR count). The second kappa shape index (κ2) is 5.93. The highest BCUT2D eigenvalue weighted by atomic mass is 35.5. The number of halogens is 2. The third kappa shape index (κ3) is 3.88. The Kier molecular flexibility index (Phi) is 5.04. The molecule has 0 saturated carbocycles. The first-order valence-corrected chi connectivity index (χ1v) is 7.33. The van der Waals surface area contributed by atoms with Crippen LogP contribution in [0, 0.1) is 13.8 Å². The van der Waals surface area contributed by atoms with Crippen molar-refractivity contribution >= 4 is 33.2 Å². The van der Waals surface area contributed by atoms with Crippen molar-refractivity contribution in [2.45, 2.75) is 18.7 Å². The molecule has 0 fully saturated rings. The maximum absolute atomic E-state index is 11.3. The van der Waals surface area contributed by atoms with Crippen molar-refractivity contribution < 1.29 is 13.2 Å². The molecule has 0 unspecified atom stereocenters. The van der Waals surface area contributed by atoms with Crippen LogP contribution in [0.5, 0.6) is 5.75 Å². The third-order valence-corrected chi connectivity index (χ3v) is 3.72. The molecule has 0 heterocycles. The molecule has 0 aliphatic carbocycles. The zero-order valence-corrected chi connectivity index (χ0v) is 12.2. The van der Waals surface area contributed by atoms with Crippen LogP contribution in [0.3, 0.4) is 0 Å². The van der Waals surface area contributed by atoms with E-state index in [0.29, 0.717) is 21.9 Å². The highest BCUT2D eigenvalue weighted by molar-refractivity contribution is 7.89. The zero-order valence-electron chi connectivity index (χ0n) is 9.91. The van der Waals surface area contributed by atoms with Crippen molar-refractivity contribution in [2.24, 2.45) is 5.14 Å². The van der Waals surface area contributed by atoms with E-state index < -0.39 is 10.0 Å². The topological polar surface area (TPSA) is 69.4 Å². The summed E-state index contributed by atoms with van der Waals surface area (Å²) < 4.78 is 28.0. The van der Waals surface area contributed by atoms with Gasteiger partial charge in [-0.2, -0.15) is 0 Å². The predicted molar refractivity (Wildman–Crippen MR) is 72.6 cm³/mol. The van der Waals surface area contributed by atoms with Gasteiger partial charge in [-0.15, -0.1) is 0 Å². The lowest BCUT2D eigenvalue weighted by Gasteiger charge is -2.13. The summed E-state index contributed by atoms with van der Waals surface area (Å²) in [6.07, 6.45) is 0. The van der Waals surface area contributed by atoms with E-state index in [1.807, 2.05) is 0 Å². The lowest BCUT2D eigenvalue weighted by atomic mass is 10.1. The van der Waals surface area contributed by atoms with E-state index in [0.717, 1.165) is 0 Å². The Morgan fingerprint density at radius 2 is 1.89 bits per heavy atom. The molecule has 0 spiro atoms. The fourth-order valence-corrected chi connectivity index (χ4v) is 2.27. The second-order valence-electron chi connectivity index (χ2n) is 3.78. The molecule has 100 valence electrons. The summed E-state index contributed by atoms with van der Waals surface area (Å²) >= 11 is 11.1. The van der Waals surface area contributed by atoms with E-state index in [1.165, 1.54) is 17.7 Å². The van der Waals surface area contributed by atoms with E-state index in [-0.39, 0.29) is 11.5 Å². The summed E-state index contributed by atoms with van der Waals surface area (Å²) in [5.41, 5.74) is 2.54. The molecule has 0 aliphatic heterocycles. The number of primary sulfonamides is 1. The minimum Gasteiger partial charge on any atom is -0.487 e. The molecular formula is C11H13Cl2NO3S. The van der Waals surface area contributed by atoms with Gasteiger partial charge in [0.2, 0.25) is 10.0 Å². The van der Waals surface area contributed by atoms with E-state index in [2.05, 4.69) is 0 Å². The van der Waals surface area contributed by atoms with Crippen LogP contribution in [0.1, 0.15) is 11.1 Å². The summed E-state index contributed by atoms with van der Waals surface area (Å²) in [4.78, 5) is 0.0591. The number of rotatable bonds is 4. The molecule has 0 aliphatic rings. The van der Waals surface area contributed by atoms with Crippen molar-refractivity contribution in [3.8, 4) is 5.75 Å². The molecule has 7 heteroatoms. The molecule has 0 radical (unpaired) electrons. The number of sulfonamides is 1. The van der Waals surface area contributed by atoms with Gasteiger partial charge in [0.15, 0.2) is 0 Å². The molecule has 1 aromatic carbocycles. The second-order valence-corrected chi connectivity index (χ2v) is 6.04. The SMILES string of the molecule is Cc1cc(S(N)(=O)=O)cc(C)c1OC/C(Cl)=C/Cl. The Hall–Kier alpha value is -0.750. The van der Waals surface area contributed by atoms with Crippen LogP contribution < -0.4 is 9.88 Å². The van der Waals surface area contributed by atoms with Crippen LogP contribution in [0.15, 0.2) is 27.6 Å². The number of benzene rings is 1. The van der Waals surface area contributed by atoms with Gasteiger partial charge in [0.05, 0.1) is 9.93 Å². The molecule has 0 saturated heterocycles. The molecule has 4 nitrogen and oxygen atoms in total. The monoisotopic (exact) mass is 309 g/mol. The van der Waals surface area contributed by atoms with Gasteiger partial charge in [0.25, 0.3) is 0 Å². The largest absolute Gasteiger partial charge is 0.487 e. The molecule has 0 bridgehead atoms. The predicted octanol–water partition coefficient (Wildman–Crippen LogP) is 2.65. The van der Waals surface area contributed by atoms with Crippen molar-refractivity contribution in [1.29, 1.82) is 0 Å². The van der Waals surface area contributed by atoms with Gasteiger partial charge in [-0.05, 0) is 37.1 Å². The van der Waals surface area contributed by atoms with Crippen molar-refractivity contribution in [3.05, 3.63) is 33.8 Å². The van der Waals surface area contributed by atoms with Crippen LogP contribution in [-0.4, -0.2) is 15.0 Å². The van der Waals surface area contributed by atoms with Gasteiger partial charge in [-0.3, -0.25) is 0 Å². The maximum atomic E-state index is 11.3. The molecular weight excluding hydrogens is 297 g/mol. The number of nitrogens with two attached hydrogens (primary N) is 1. The van der Waals surface area contributed by atoms with Crippen LogP contribution in [0.4, 0.5) is 0 Å². The lowest BCUT2D eigenvalue weighted by molar-refractivity contribution is 0.354. The highest BCUT2D eigenvalue weighted by Crippen LogP contribution is 2.27. The molecule has 18 heavy (non-hydrogen) atoms. The Morgan fingerprint density at radius 3 is 2.28 bits per heavy atom. The average Bonchev–Trinajstić information content (AvgIpc) is 2.26. The number of ether oxygens (including phenoxy) is 1. The van der Waals surface area contributed by atoms with Gasteiger partial charge < -0.3 is 4.74 Å². The van der Waals surface area contributed by atoms with Crippen molar-refractivity contribution in [2.75, 3.05) is 6.61 Å². The van der Waals surface area contributed by atoms with Gasteiger partial charge in [-0.25, -0.2) is 13.6 Å². The van der Waals surface area contributed by atoms with E-state index >= 15 is 0 Å². The summed E-state index contributed by atoms with van der Waals surface area (Å²) in [5.74, 6) is 0.569. The molecule has 2 N–H and O–H groups in total. The third-order valence-electron chi connectivity index (χ3n) is 2.24. The maximum Gasteiger partial charge on any atom is 0.238 e. The first kappa shape index (κ1) is 15.3. The van der Waals surface area contributed by atoms with Crippen LogP contribution in [-0.2, 0) is 10.0 Å². The van der Waals surface area contributed by atoms with Crippen LogP contribution in [0.2, 0.25) is 0 Å². The highest BCUT2D eigenvalue weighted by Gasteiger charge is 2.13. The standard InChI is InChI=1S/C11H13Cl2NO3S/c1-7-3-10(18(14,15)16)4-8(2)11(7)17-6-9(13)5-12/h3-5H,6H2,1-2H3,(H2,14,15,16)/b9-5-. The van der Waals surface area contributed by atoms with Crippen molar-refractivity contribution in [3.63, 3.8) is 0 Å². The first-order chi connectivity index (χ1) is 8.25. The summed E-state index contributed by atoms with van der Waals surface area (Å²) in [6, 6.07) is 2.91. The average molecular weight is 310 g/mol. The number of hydrogen-bond donors (Lipinski definition) is 1. The van der Waals surface area contributed by atoms with Crippen LogP contribution in [0.25, 0.3) is 0 Å². The Bertz CT molecular complexity index is 559. The molecule has 0 atom stereocenters. The van der Waals surface area contributed by atoms with Crippen molar-refractivity contribution in [1.82, 2.24) is 0 Å². The fraction of sp³-hybridized carbons (Fsp3) is 0.273. The molecule has 1 aromatic rings. The zero-order chi connectivity index (χ0) is 13.9. The lowest BCUT2D eigenvalue weighted by Crippen LogP contribution is -2.13. The van der Waals surface area contributed by atoms with Gasteiger partial charge in [0, 0.05) is 5.54 Å². The Morgan fingerprint density at radius 1 is 1.39 bits per heavy atom. The summed E-state index contributed by atoms with van der Waals surface area (Å²) in [6.45, 7) is 3.59. The normalized spacial score (nSPS) is 12.6. The quantitative estimate of drug-likeness (QED) is 0.929. The Labute approximate surface area is 116 Å². The first-order valence-electron chi connectivity index (χ1n) is 4.97. The number of hydrogen-bond acceptors (Lipinski definition) is 3. The van der Waals surface area contributed by atoms with E-state index in [9.17, 15) is 8.42 Å². The van der Waals surface area contributed by atoms with Crippen LogP contribution >= 0.6 is 23.2 Å². The minimum absolute atomic E-state index is 0.0591. The van der Waals surface area contributed by atoms with Gasteiger partial charge in [0.1, 0.15) is 12.4 Å². The van der Waals surface area contributed by atoms with Gasteiger partial charge >= 0.3 is 0 Å². The van der Waals surface area contributed by atoms with E-state index in [4.69, 9.17) is 33.1 Å². The summed E-state index contributed by atoms with van der Waals surface area (Å²) in [5, 5.41) is 5.42. The number of aryl methyl sites for hydroxylation is 2. The summed E-state index contributed by atoms with van der Waals surface area (Å²) in [7, 11) is -3.71. The Balaban J connectivity index is 3.10. The van der Waals surface area contributed by atoms with E-state index in [1.54, 1.807) is 13.8 Å². The van der Waals surface area contributed by atoms with Gasteiger partial charge in [-0.1, -0.05) is 23.2 Å². The minimum atomic E-state index is -3.71. The fourth-order valence-electron chi connectivity index (χ4n) is 1.48. The molecule has 0 aromatic heterocycles. The smallest absolute Gasteiger partial charge is 0.238 e. The molecule has 0 amide bonds.